The van der Waals surface area contributed by atoms with Crippen molar-refractivity contribution in [2.45, 2.75) is 40.3 Å². The number of nitrogens with zero attached hydrogens (tertiary/aromatic N) is 1. The molecule has 1 aromatic rings. The van der Waals surface area contributed by atoms with E-state index in [0.29, 0.717) is 35.7 Å². The van der Waals surface area contributed by atoms with Crippen LogP contribution in [0.2, 0.25) is 5.02 Å². The third-order valence-electron chi connectivity index (χ3n) is 2.77. The van der Waals surface area contributed by atoms with E-state index in [-0.39, 0.29) is 0 Å². The Bertz CT molecular complexity index is 504. The summed E-state index contributed by atoms with van der Waals surface area (Å²) in [7, 11) is 1.60. The van der Waals surface area contributed by atoms with Gasteiger partial charge < -0.3 is 20.1 Å². The van der Waals surface area contributed by atoms with Gasteiger partial charge in [-0.2, -0.15) is 0 Å². The van der Waals surface area contributed by atoms with E-state index in [0.717, 1.165) is 18.1 Å². The van der Waals surface area contributed by atoms with Gasteiger partial charge in [0.05, 0.1) is 25.3 Å². The van der Waals surface area contributed by atoms with Crippen molar-refractivity contribution in [3.8, 4) is 11.5 Å². The fraction of sp³-hybridized carbons (Fsp3) is 0.562. The molecule has 22 heavy (non-hydrogen) atoms. The normalized spacial score (nSPS) is 11.5. The lowest BCUT2D eigenvalue weighted by atomic mass is 10.2. The van der Waals surface area contributed by atoms with Gasteiger partial charge in [-0.25, -0.2) is 4.99 Å². The molecule has 6 heteroatoms. The molecule has 0 heterocycles. The number of hydrogen-bond acceptors (Lipinski definition) is 3. The minimum Gasteiger partial charge on any atom is -0.493 e. The van der Waals surface area contributed by atoms with Crippen molar-refractivity contribution in [1.29, 1.82) is 0 Å². The predicted octanol–water partition coefficient (Wildman–Crippen LogP) is 3.21. The summed E-state index contributed by atoms with van der Waals surface area (Å²) < 4.78 is 10.9. The van der Waals surface area contributed by atoms with E-state index in [9.17, 15) is 0 Å². The fourth-order valence-corrected chi connectivity index (χ4v) is 2.20. The van der Waals surface area contributed by atoms with E-state index in [2.05, 4.69) is 29.5 Å². The molecule has 0 unspecified atom stereocenters. The molecule has 0 radical (unpaired) electrons. The van der Waals surface area contributed by atoms with Gasteiger partial charge in [0.15, 0.2) is 17.5 Å². The van der Waals surface area contributed by atoms with Crippen LogP contribution in [0.5, 0.6) is 11.5 Å². The molecule has 0 saturated carbocycles. The molecular weight excluding hydrogens is 302 g/mol. The largest absolute Gasteiger partial charge is 0.493 e. The lowest BCUT2D eigenvalue weighted by Gasteiger charge is -2.15. The number of rotatable bonds is 7. The Morgan fingerprint density at radius 3 is 2.59 bits per heavy atom. The maximum absolute atomic E-state index is 6.27. The summed E-state index contributed by atoms with van der Waals surface area (Å²) in [6.07, 6.45) is 0. The van der Waals surface area contributed by atoms with Crippen LogP contribution in [-0.2, 0) is 6.54 Å². The summed E-state index contributed by atoms with van der Waals surface area (Å²) in [6, 6.07) is 4.08. The summed E-state index contributed by atoms with van der Waals surface area (Å²) >= 11 is 6.27. The Kier molecular flexibility index (Phi) is 7.88. The highest BCUT2D eigenvalue weighted by Gasteiger charge is 2.11. The van der Waals surface area contributed by atoms with Crippen LogP contribution in [0.15, 0.2) is 17.1 Å². The molecule has 0 aliphatic rings. The summed E-state index contributed by atoms with van der Waals surface area (Å²) in [5.74, 6) is 1.98. The molecule has 124 valence electrons. The first-order valence-corrected chi connectivity index (χ1v) is 7.93. The fourth-order valence-electron chi connectivity index (χ4n) is 1.91. The predicted molar refractivity (Wildman–Crippen MR) is 92.3 cm³/mol. The van der Waals surface area contributed by atoms with Gasteiger partial charge in [0.25, 0.3) is 0 Å². The topological polar surface area (TPSA) is 54.9 Å². The van der Waals surface area contributed by atoms with Gasteiger partial charge in [-0.1, -0.05) is 11.6 Å². The summed E-state index contributed by atoms with van der Waals surface area (Å²) in [5, 5.41) is 7.02. The number of ether oxygens (including phenoxy) is 2. The number of aliphatic imine (C=N–C) groups is 1. The maximum Gasteiger partial charge on any atom is 0.191 e. The van der Waals surface area contributed by atoms with Gasteiger partial charge in [-0.3, -0.25) is 0 Å². The van der Waals surface area contributed by atoms with Crippen LogP contribution in [0.1, 0.15) is 33.3 Å². The Balaban J connectivity index is 2.94. The van der Waals surface area contributed by atoms with Crippen LogP contribution in [-0.4, -0.2) is 32.3 Å². The number of guanidine groups is 1. The Morgan fingerprint density at radius 2 is 2.05 bits per heavy atom. The molecule has 0 aliphatic heterocycles. The highest BCUT2D eigenvalue weighted by Crippen LogP contribution is 2.36. The summed E-state index contributed by atoms with van der Waals surface area (Å²) in [4.78, 5) is 4.56. The van der Waals surface area contributed by atoms with Crippen molar-refractivity contribution >= 4 is 17.6 Å². The molecule has 0 fully saturated rings. The zero-order valence-corrected chi connectivity index (χ0v) is 14.8. The average molecular weight is 328 g/mol. The Labute approximate surface area is 138 Å². The molecule has 0 saturated heterocycles. The van der Waals surface area contributed by atoms with Gasteiger partial charge in [-0.05, 0) is 45.4 Å². The van der Waals surface area contributed by atoms with Gasteiger partial charge in [-0.15, -0.1) is 0 Å². The van der Waals surface area contributed by atoms with Crippen molar-refractivity contribution in [3.63, 3.8) is 0 Å². The van der Waals surface area contributed by atoms with Crippen LogP contribution in [0, 0.1) is 0 Å². The molecule has 0 aromatic heterocycles. The second kappa shape index (κ2) is 9.41. The molecule has 0 amide bonds. The highest BCUT2D eigenvalue weighted by molar-refractivity contribution is 6.32. The number of methoxy groups -OCH3 is 1. The van der Waals surface area contributed by atoms with Gasteiger partial charge in [0, 0.05) is 12.6 Å². The second-order valence-electron chi connectivity index (χ2n) is 5.04. The van der Waals surface area contributed by atoms with Crippen molar-refractivity contribution in [2.75, 3.05) is 20.3 Å². The third kappa shape index (κ3) is 5.64. The van der Waals surface area contributed by atoms with E-state index in [4.69, 9.17) is 21.1 Å². The molecule has 0 bridgehead atoms. The minimum atomic E-state index is 0.316. The van der Waals surface area contributed by atoms with Gasteiger partial charge in [0.2, 0.25) is 0 Å². The lowest BCUT2D eigenvalue weighted by molar-refractivity contribution is 0.311. The number of nitrogens with one attached hydrogen (secondary N) is 2. The first-order valence-electron chi connectivity index (χ1n) is 7.55. The summed E-state index contributed by atoms with van der Waals surface area (Å²) in [6.45, 7) is 9.95. The van der Waals surface area contributed by atoms with Crippen molar-refractivity contribution in [2.24, 2.45) is 4.99 Å². The molecule has 0 atom stereocenters. The summed E-state index contributed by atoms with van der Waals surface area (Å²) in [5.41, 5.74) is 0.964. The molecule has 1 rings (SSSR count). The maximum atomic E-state index is 6.27. The zero-order valence-electron chi connectivity index (χ0n) is 14.0. The highest BCUT2D eigenvalue weighted by atomic mass is 35.5. The molecule has 0 aliphatic carbocycles. The van der Waals surface area contributed by atoms with Gasteiger partial charge in [0.1, 0.15) is 0 Å². The van der Waals surface area contributed by atoms with Crippen LogP contribution in [0.3, 0.4) is 0 Å². The molecule has 0 spiro atoms. The van der Waals surface area contributed by atoms with E-state index in [1.807, 2.05) is 26.0 Å². The number of hydrogen-bond donors (Lipinski definition) is 2. The van der Waals surface area contributed by atoms with Crippen molar-refractivity contribution in [1.82, 2.24) is 10.6 Å². The minimum absolute atomic E-state index is 0.316. The van der Waals surface area contributed by atoms with E-state index < -0.39 is 0 Å². The van der Waals surface area contributed by atoms with Crippen LogP contribution in [0.25, 0.3) is 0 Å². The molecule has 5 nitrogen and oxygen atoms in total. The van der Waals surface area contributed by atoms with Gasteiger partial charge >= 0.3 is 0 Å². The molecule has 1 aromatic carbocycles. The van der Waals surface area contributed by atoms with Crippen molar-refractivity contribution in [3.05, 3.63) is 22.7 Å². The number of benzene rings is 1. The third-order valence-corrected chi connectivity index (χ3v) is 3.05. The Hall–Kier alpha value is -1.62. The van der Waals surface area contributed by atoms with Crippen LogP contribution < -0.4 is 20.1 Å². The lowest BCUT2D eigenvalue weighted by Crippen LogP contribution is -2.40. The van der Waals surface area contributed by atoms with Crippen LogP contribution >= 0.6 is 11.6 Å². The molecule has 2 N–H and O–H groups in total. The SMILES string of the molecule is CCNC(=NCc1cc(Cl)c(OCC)c(OC)c1)NC(C)C. The van der Waals surface area contributed by atoms with E-state index in [1.54, 1.807) is 7.11 Å². The second-order valence-corrected chi connectivity index (χ2v) is 5.44. The number of halogens is 1. The average Bonchev–Trinajstić information content (AvgIpc) is 2.46. The smallest absolute Gasteiger partial charge is 0.191 e. The first-order chi connectivity index (χ1) is 10.5. The first kappa shape index (κ1) is 18.4. The van der Waals surface area contributed by atoms with Crippen molar-refractivity contribution < 1.29 is 9.47 Å². The quantitative estimate of drug-likeness (QED) is 0.596. The molecular formula is C16H26ClN3O2. The van der Waals surface area contributed by atoms with E-state index >= 15 is 0 Å². The zero-order chi connectivity index (χ0) is 16.5. The van der Waals surface area contributed by atoms with Crippen LogP contribution in [0.4, 0.5) is 0 Å². The monoisotopic (exact) mass is 327 g/mol. The van der Waals surface area contributed by atoms with E-state index in [1.165, 1.54) is 0 Å². The Morgan fingerprint density at radius 1 is 1.32 bits per heavy atom. The standard InChI is InChI=1S/C16H26ClN3O2/c1-6-18-16(20-11(3)4)19-10-12-8-13(17)15(22-7-2)14(9-12)21-5/h8-9,11H,6-7,10H2,1-5H3,(H2,18,19,20).